The fourth-order valence-corrected chi connectivity index (χ4v) is 3.13. The van der Waals surface area contributed by atoms with Gasteiger partial charge in [-0.2, -0.15) is 0 Å². The van der Waals surface area contributed by atoms with E-state index >= 15 is 0 Å². The highest BCUT2D eigenvalue weighted by atomic mass is 35.5. The molecule has 0 spiro atoms. The number of halogens is 2. The van der Waals surface area contributed by atoms with Crippen LogP contribution in [0, 0.1) is 5.92 Å². The van der Waals surface area contributed by atoms with Gasteiger partial charge in [-0.05, 0) is 43.0 Å². The first-order chi connectivity index (χ1) is 11.1. The van der Waals surface area contributed by atoms with Gasteiger partial charge in [-0.1, -0.05) is 35.5 Å². The molecule has 1 aromatic carbocycles. The fourth-order valence-electron chi connectivity index (χ4n) is 2.13. The molecule has 3 N–H and O–H groups in total. The summed E-state index contributed by atoms with van der Waals surface area (Å²) in [5.41, 5.74) is 6.25. The quantitative estimate of drug-likeness (QED) is 0.798. The summed E-state index contributed by atoms with van der Waals surface area (Å²) in [6.45, 7) is 0.474. The number of hydrogen-bond donors (Lipinski definition) is 2. The van der Waals surface area contributed by atoms with Crippen LogP contribution in [0.25, 0.3) is 0 Å². The van der Waals surface area contributed by atoms with Crippen molar-refractivity contribution in [2.45, 2.75) is 28.8 Å². The third-order valence-corrected chi connectivity index (χ3v) is 5.09. The Morgan fingerprint density at radius 3 is 2.67 bits per heavy atom. The van der Waals surface area contributed by atoms with Gasteiger partial charge in [0, 0.05) is 17.5 Å². The molecule has 1 fully saturated rings. The summed E-state index contributed by atoms with van der Waals surface area (Å²) in [6.07, 6.45) is 2.32. The van der Waals surface area contributed by atoms with Gasteiger partial charge in [0.15, 0.2) is 5.69 Å². The number of amides is 1. The van der Waals surface area contributed by atoms with Gasteiger partial charge in [0.25, 0.3) is 5.91 Å². The minimum absolute atomic E-state index is 0. The van der Waals surface area contributed by atoms with Crippen LogP contribution in [0.15, 0.2) is 46.3 Å². The zero-order valence-corrected chi connectivity index (χ0v) is 15.2. The van der Waals surface area contributed by atoms with E-state index in [2.05, 4.69) is 15.5 Å². The predicted molar refractivity (Wildman–Crippen MR) is 97.9 cm³/mol. The molecule has 1 aliphatic carbocycles. The second-order valence-corrected chi connectivity index (χ2v) is 6.97. The van der Waals surface area contributed by atoms with Crippen LogP contribution in [0.1, 0.15) is 23.3 Å². The fraction of sp³-hybridized carbons (Fsp3) is 0.312. The maximum Gasteiger partial charge on any atom is 0.271 e. The summed E-state index contributed by atoms with van der Waals surface area (Å²) in [7, 11) is 0. The van der Waals surface area contributed by atoms with Crippen LogP contribution in [0.5, 0.6) is 0 Å². The molecule has 8 heteroatoms. The lowest BCUT2D eigenvalue weighted by molar-refractivity contribution is 0.0944. The minimum Gasteiger partial charge on any atom is -0.349 e. The Labute approximate surface area is 156 Å². The molecular formula is C16H18Cl2N4OS. The van der Waals surface area contributed by atoms with E-state index in [9.17, 15) is 4.79 Å². The minimum atomic E-state index is -0.247. The number of hydrogen-bond acceptors (Lipinski definition) is 5. The molecule has 2 aromatic rings. The van der Waals surface area contributed by atoms with E-state index < -0.39 is 0 Å². The van der Waals surface area contributed by atoms with Crippen molar-refractivity contribution in [2.75, 3.05) is 6.54 Å². The van der Waals surface area contributed by atoms with Crippen molar-refractivity contribution in [3.8, 4) is 0 Å². The van der Waals surface area contributed by atoms with E-state index in [-0.39, 0.29) is 30.0 Å². The highest BCUT2D eigenvalue weighted by molar-refractivity contribution is 7.99. The Kier molecular flexibility index (Phi) is 6.86. The van der Waals surface area contributed by atoms with Crippen LogP contribution in [-0.2, 0) is 0 Å². The normalized spacial score (nSPS) is 14.6. The molecule has 24 heavy (non-hydrogen) atoms. The van der Waals surface area contributed by atoms with Crippen molar-refractivity contribution in [1.82, 2.24) is 15.5 Å². The largest absolute Gasteiger partial charge is 0.349 e. The van der Waals surface area contributed by atoms with Gasteiger partial charge >= 0.3 is 0 Å². The molecule has 0 saturated heterocycles. The Morgan fingerprint density at radius 1 is 1.29 bits per heavy atom. The van der Waals surface area contributed by atoms with Crippen molar-refractivity contribution in [1.29, 1.82) is 0 Å². The molecule has 1 aromatic heterocycles. The monoisotopic (exact) mass is 384 g/mol. The van der Waals surface area contributed by atoms with Gasteiger partial charge in [-0.15, -0.1) is 22.6 Å². The number of nitrogens with two attached hydrogens (primary N) is 1. The second kappa shape index (κ2) is 8.67. The Balaban J connectivity index is 0.00000208. The van der Waals surface area contributed by atoms with Gasteiger partial charge in [-0.25, -0.2) is 0 Å². The molecule has 0 bridgehead atoms. The highest BCUT2D eigenvalue weighted by Gasteiger charge is 2.28. The SMILES string of the molecule is Cl.NC(CNC(=O)c1ccc(Sc2ccccc2Cl)nn1)C1CC1. The van der Waals surface area contributed by atoms with E-state index in [1.807, 2.05) is 24.3 Å². The van der Waals surface area contributed by atoms with Crippen molar-refractivity contribution in [2.24, 2.45) is 11.7 Å². The van der Waals surface area contributed by atoms with Gasteiger partial charge in [0.2, 0.25) is 0 Å². The summed E-state index contributed by atoms with van der Waals surface area (Å²) in [5.74, 6) is 0.304. The summed E-state index contributed by atoms with van der Waals surface area (Å²) in [6, 6.07) is 11.0. The molecular weight excluding hydrogens is 367 g/mol. The topological polar surface area (TPSA) is 80.9 Å². The number of aromatic nitrogens is 2. The average Bonchev–Trinajstić information content (AvgIpc) is 3.40. The number of nitrogens with one attached hydrogen (secondary N) is 1. The first kappa shape index (κ1) is 19.0. The molecule has 0 aliphatic heterocycles. The van der Waals surface area contributed by atoms with E-state index in [1.165, 1.54) is 11.8 Å². The highest BCUT2D eigenvalue weighted by Crippen LogP contribution is 2.32. The van der Waals surface area contributed by atoms with Crippen LogP contribution in [0.3, 0.4) is 0 Å². The second-order valence-electron chi connectivity index (χ2n) is 5.50. The molecule has 3 rings (SSSR count). The zero-order valence-electron chi connectivity index (χ0n) is 12.8. The standard InChI is InChI=1S/C16H17ClN4OS.ClH/c17-11-3-1-2-4-14(11)23-15-8-7-13(20-21-15)16(22)19-9-12(18)10-5-6-10;/h1-4,7-8,10,12H,5-6,9,18H2,(H,19,22);1H. The van der Waals surface area contributed by atoms with Crippen molar-refractivity contribution < 1.29 is 4.79 Å². The maximum atomic E-state index is 12.0. The van der Waals surface area contributed by atoms with Gasteiger partial charge in [0.1, 0.15) is 5.03 Å². The lowest BCUT2D eigenvalue weighted by Crippen LogP contribution is -2.38. The molecule has 0 radical (unpaired) electrons. The van der Waals surface area contributed by atoms with Crippen molar-refractivity contribution >= 4 is 41.7 Å². The molecule has 1 atom stereocenters. The maximum absolute atomic E-state index is 12.0. The summed E-state index contributed by atoms with van der Waals surface area (Å²) in [4.78, 5) is 12.9. The van der Waals surface area contributed by atoms with Gasteiger partial charge in [-0.3, -0.25) is 4.79 Å². The lowest BCUT2D eigenvalue weighted by Gasteiger charge is -2.11. The summed E-state index contributed by atoms with van der Waals surface area (Å²) in [5, 5.41) is 12.2. The molecule has 1 heterocycles. The first-order valence-electron chi connectivity index (χ1n) is 7.43. The lowest BCUT2D eigenvalue weighted by atomic mass is 10.2. The van der Waals surface area contributed by atoms with Crippen LogP contribution < -0.4 is 11.1 Å². The Morgan fingerprint density at radius 2 is 2.04 bits per heavy atom. The number of nitrogens with zero attached hydrogens (tertiary/aromatic N) is 2. The Hall–Kier alpha value is -1.34. The molecule has 1 unspecified atom stereocenters. The zero-order chi connectivity index (χ0) is 16.2. The van der Waals surface area contributed by atoms with Crippen LogP contribution in [0.4, 0.5) is 0 Å². The number of carbonyl (C=O) groups excluding carboxylic acids is 1. The summed E-state index contributed by atoms with van der Waals surface area (Å²) < 4.78 is 0. The van der Waals surface area contributed by atoms with E-state index in [0.717, 1.165) is 17.7 Å². The van der Waals surface area contributed by atoms with E-state index in [0.29, 0.717) is 22.5 Å². The molecule has 1 saturated carbocycles. The van der Waals surface area contributed by atoms with Crippen molar-refractivity contribution in [3.63, 3.8) is 0 Å². The van der Waals surface area contributed by atoms with Crippen LogP contribution in [0.2, 0.25) is 5.02 Å². The molecule has 128 valence electrons. The Bertz CT molecular complexity index is 695. The number of rotatable bonds is 6. The third-order valence-electron chi connectivity index (χ3n) is 3.65. The van der Waals surface area contributed by atoms with Crippen LogP contribution in [-0.4, -0.2) is 28.7 Å². The number of benzene rings is 1. The van der Waals surface area contributed by atoms with Gasteiger partial charge < -0.3 is 11.1 Å². The van der Waals surface area contributed by atoms with E-state index in [4.69, 9.17) is 17.3 Å². The smallest absolute Gasteiger partial charge is 0.271 e. The van der Waals surface area contributed by atoms with Crippen LogP contribution >= 0.6 is 35.8 Å². The van der Waals surface area contributed by atoms with Crippen molar-refractivity contribution in [3.05, 3.63) is 47.1 Å². The van der Waals surface area contributed by atoms with E-state index in [1.54, 1.807) is 12.1 Å². The number of carbonyl (C=O) groups is 1. The summed E-state index contributed by atoms with van der Waals surface area (Å²) >= 11 is 7.52. The molecule has 1 aliphatic rings. The third kappa shape index (κ3) is 5.08. The molecule has 1 amide bonds. The van der Waals surface area contributed by atoms with Gasteiger partial charge in [0.05, 0.1) is 5.02 Å². The first-order valence-corrected chi connectivity index (χ1v) is 8.63. The average molecular weight is 385 g/mol. The molecule has 5 nitrogen and oxygen atoms in total. The predicted octanol–water partition coefficient (Wildman–Crippen LogP) is 3.17.